The van der Waals surface area contributed by atoms with E-state index in [1.54, 1.807) is 30.1 Å². The third-order valence-electron chi connectivity index (χ3n) is 7.35. The van der Waals surface area contributed by atoms with Crippen LogP contribution in [-0.2, 0) is 24.7 Å². The van der Waals surface area contributed by atoms with Gasteiger partial charge in [0.05, 0.1) is 36.2 Å². The van der Waals surface area contributed by atoms with Gasteiger partial charge in [0, 0.05) is 50.2 Å². The second kappa shape index (κ2) is 14.5. The molecule has 0 radical (unpaired) electrons. The second-order valence-corrected chi connectivity index (χ2v) is 11.4. The molecule has 0 aliphatic carbocycles. The van der Waals surface area contributed by atoms with Crippen molar-refractivity contribution in [1.82, 2.24) is 9.80 Å². The van der Waals surface area contributed by atoms with Crippen LogP contribution >= 0.6 is 0 Å². The molecule has 0 spiro atoms. The number of amides is 2. The summed E-state index contributed by atoms with van der Waals surface area (Å²) in [6, 6.07) is 22.2. The Labute approximate surface area is 261 Å². The van der Waals surface area contributed by atoms with Gasteiger partial charge in [-0.2, -0.15) is 8.42 Å². The van der Waals surface area contributed by atoms with Crippen LogP contribution in [0.25, 0.3) is 11.3 Å². The number of piperazine rings is 1. The highest BCUT2D eigenvalue weighted by Crippen LogP contribution is 2.38. The lowest BCUT2D eigenvalue weighted by Gasteiger charge is -2.32. The van der Waals surface area contributed by atoms with Crippen molar-refractivity contribution in [3.05, 3.63) is 89.5 Å². The van der Waals surface area contributed by atoms with Crippen LogP contribution in [0.5, 0.6) is 0 Å². The highest BCUT2D eigenvalue weighted by Gasteiger charge is 2.29. The molecule has 238 valence electrons. The van der Waals surface area contributed by atoms with Crippen LogP contribution in [0.3, 0.4) is 0 Å². The first kappa shape index (κ1) is 33.3. The van der Waals surface area contributed by atoms with E-state index in [2.05, 4.69) is 27.5 Å². The number of benzene rings is 3. The van der Waals surface area contributed by atoms with Crippen LogP contribution < -0.4 is 15.5 Å². The number of nitrogens with zero attached hydrogens (tertiary/aromatic N) is 3. The predicted molar refractivity (Wildman–Crippen MR) is 171 cm³/mol. The SMILES string of the molecule is COC(=O)c1ccc2c(c1)NC(=O)/C2=C(\Nc1ccc(N(C)C(=O)CN2CCN(C)CC2)cc1)c1ccccc1.O=S(=O)(O)O. The molecule has 0 aromatic heterocycles. The van der Waals surface area contributed by atoms with Crippen molar-refractivity contribution in [3.63, 3.8) is 0 Å². The lowest BCUT2D eigenvalue weighted by molar-refractivity contribution is -0.119. The lowest BCUT2D eigenvalue weighted by atomic mass is 9.99. The quantitative estimate of drug-likeness (QED) is 0.171. The van der Waals surface area contributed by atoms with Crippen LogP contribution in [0.2, 0.25) is 0 Å². The molecule has 4 N–H and O–H groups in total. The Morgan fingerprint density at radius 3 is 2.18 bits per heavy atom. The Morgan fingerprint density at radius 2 is 1.58 bits per heavy atom. The standard InChI is InChI=1S/C31H33N5O4.H2O4S/c1-34-15-17-36(18-16-34)20-27(37)35(2)24-12-10-23(11-13-24)32-29(21-7-5-4-6-8-21)28-25-14-9-22(31(39)40-3)19-26(25)33-30(28)38;1-5(2,3)4/h4-14,19,32H,15-18,20H2,1-3H3,(H,33,38);(H2,1,2,3,4)/b29-28-;. The molecule has 13 nitrogen and oxygen atoms in total. The summed E-state index contributed by atoms with van der Waals surface area (Å²) in [4.78, 5) is 44.3. The van der Waals surface area contributed by atoms with Crippen molar-refractivity contribution >= 4 is 56.5 Å². The number of likely N-dealkylation sites (N-methyl/N-ethyl adjacent to an activating group) is 2. The Morgan fingerprint density at radius 1 is 0.956 bits per heavy atom. The number of ether oxygens (including phenoxy) is 1. The van der Waals surface area contributed by atoms with Gasteiger partial charge in [0.1, 0.15) is 0 Å². The van der Waals surface area contributed by atoms with Gasteiger partial charge in [-0.15, -0.1) is 0 Å². The maximum Gasteiger partial charge on any atom is 0.394 e. The summed E-state index contributed by atoms with van der Waals surface area (Å²) < 4.78 is 36.4. The average molecular weight is 638 g/mol. The molecule has 2 aliphatic heterocycles. The number of carbonyl (C=O) groups is 3. The minimum Gasteiger partial charge on any atom is -0.465 e. The summed E-state index contributed by atoms with van der Waals surface area (Å²) >= 11 is 0. The maximum atomic E-state index is 13.2. The topological polar surface area (TPSA) is 169 Å². The average Bonchev–Trinajstić information content (AvgIpc) is 3.34. The second-order valence-electron chi connectivity index (χ2n) is 10.5. The highest BCUT2D eigenvalue weighted by atomic mass is 32.3. The fraction of sp³-hybridized carbons (Fsp3) is 0.258. The highest BCUT2D eigenvalue weighted by molar-refractivity contribution is 7.79. The zero-order valence-electron chi connectivity index (χ0n) is 25.1. The molecule has 0 unspecified atom stereocenters. The Bertz CT molecular complexity index is 1680. The molecular formula is C31H35N5O8S. The van der Waals surface area contributed by atoms with Gasteiger partial charge >= 0.3 is 16.4 Å². The van der Waals surface area contributed by atoms with E-state index in [1.165, 1.54) is 7.11 Å². The Kier molecular flexibility index (Phi) is 10.7. The number of fused-ring (bicyclic) bond motifs is 1. The van der Waals surface area contributed by atoms with Gasteiger partial charge in [-0.1, -0.05) is 36.4 Å². The first-order valence-electron chi connectivity index (χ1n) is 13.9. The van der Waals surface area contributed by atoms with Crippen molar-refractivity contribution in [2.45, 2.75) is 0 Å². The summed E-state index contributed by atoms with van der Waals surface area (Å²) in [6.07, 6.45) is 0. The van der Waals surface area contributed by atoms with Gasteiger partial charge in [0.25, 0.3) is 5.91 Å². The van der Waals surface area contributed by atoms with E-state index in [4.69, 9.17) is 22.3 Å². The van der Waals surface area contributed by atoms with Gasteiger partial charge in [-0.05, 0) is 49.0 Å². The van der Waals surface area contributed by atoms with Gasteiger partial charge in [0.15, 0.2) is 0 Å². The van der Waals surface area contributed by atoms with Crippen LogP contribution in [0.4, 0.5) is 17.1 Å². The lowest BCUT2D eigenvalue weighted by Crippen LogP contribution is -2.48. The fourth-order valence-corrected chi connectivity index (χ4v) is 4.91. The molecule has 45 heavy (non-hydrogen) atoms. The van der Waals surface area contributed by atoms with Crippen molar-refractivity contribution in [2.24, 2.45) is 0 Å². The molecule has 2 heterocycles. The van der Waals surface area contributed by atoms with Crippen LogP contribution in [0.1, 0.15) is 21.5 Å². The number of rotatable bonds is 7. The summed E-state index contributed by atoms with van der Waals surface area (Å²) in [7, 11) is 0.544. The van der Waals surface area contributed by atoms with Crippen molar-refractivity contribution in [1.29, 1.82) is 0 Å². The first-order chi connectivity index (χ1) is 21.3. The molecule has 3 aromatic rings. The normalized spacial score (nSPS) is 16.1. The van der Waals surface area contributed by atoms with E-state index in [1.807, 2.05) is 54.6 Å². The monoisotopic (exact) mass is 637 g/mol. The van der Waals surface area contributed by atoms with E-state index in [0.29, 0.717) is 34.6 Å². The van der Waals surface area contributed by atoms with E-state index in [9.17, 15) is 14.4 Å². The molecule has 1 saturated heterocycles. The van der Waals surface area contributed by atoms with Gasteiger partial charge in [-0.25, -0.2) is 4.79 Å². The van der Waals surface area contributed by atoms with Crippen molar-refractivity contribution < 1.29 is 36.6 Å². The molecule has 0 atom stereocenters. The Balaban J connectivity index is 0.000000854. The molecule has 1 fully saturated rings. The Hall–Kier alpha value is -4.60. The molecule has 5 rings (SSSR count). The van der Waals surface area contributed by atoms with Crippen molar-refractivity contribution in [2.75, 3.05) is 69.5 Å². The third kappa shape index (κ3) is 8.97. The number of methoxy groups -OCH3 is 1. The molecule has 3 aromatic carbocycles. The first-order valence-corrected chi connectivity index (χ1v) is 15.3. The third-order valence-corrected chi connectivity index (χ3v) is 7.35. The summed E-state index contributed by atoms with van der Waals surface area (Å²) in [6.45, 7) is 4.09. The molecule has 2 amide bonds. The number of carbonyl (C=O) groups excluding carboxylic acids is 3. The fourth-order valence-electron chi connectivity index (χ4n) is 4.91. The van der Waals surface area contributed by atoms with Crippen molar-refractivity contribution in [3.8, 4) is 0 Å². The van der Waals surface area contributed by atoms with Crippen LogP contribution in [-0.4, -0.2) is 99.0 Å². The van der Waals surface area contributed by atoms with E-state index in [0.717, 1.165) is 43.1 Å². The molecule has 14 heteroatoms. The number of nitrogens with one attached hydrogen (secondary N) is 2. The van der Waals surface area contributed by atoms with E-state index < -0.39 is 16.4 Å². The number of hydrogen-bond donors (Lipinski definition) is 4. The predicted octanol–water partition coefficient (Wildman–Crippen LogP) is 2.96. The molecular weight excluding hydrogens is 602 g/mol. The maximum absolute atomic E-state index is 13.2. The van der Waals surface area contributed by atoms with Crippen LogP contribution in [0.15, 0.2) is 72.8 Å². The number of esters is 1. The zero-order valence-corrected chi connectivity index (χ0v) is 25.9. The van der Waals surface area contributed by atoms with Gasteiger partial charge < -0.3 is 25.2 Å². The summed E-state index contributed by atoms with van der Waals surface area (Å²) in [5.74, 6) is -0.694. The minimum atomic E-state index is -4.67. The number of hydrogen-bond acceptors (Lipinski definition) is 9. The van der Waals surface area contributed by atoms with Gasteiger partial charge in [0.2, 0.25) is 5.91 Å². The number of anilines is 3. The van der Waals surface area contributed by atoms with Crippen LogP contribution in [0, 0.1) is 0 Å². The smallest absolute Gasteiger partial charge is 0.394 e. The van der Waals surface area contributed by atoms with Gasteiger partial charge in [-0.3, -0.25) is 23.6 Å². The van der Waals surface area contributed by atoms with E-state index >= 15 is 0 Å². The largest absolute Gasteiger partial charge is 0.465 e. The zero-order chi connectivity index (χ0) is 32.7. The minimum absolute atomic E-state index is 0.0444. The summed E-state index contributed by atoms with van der Waals surface area (Å²) in [5, 5.41) is 6.31. The molecule has 0 saturated carbocycles. The molecule has 2 aliphatic rings. The van der Waals surface area contributed by atoms with E-state index in [-0.39, 0.29) is 11.8 Å². The summed E-state index contributed by atoms with van der Waals surface area (Å²) in [5.41, 5.74) is 5.10. The molecule has 0 bridgehead atoms.